The van der Waals surface area contributed by atoms with E-state index in [1.807, 2.05) is 10.8 Å². The lowest BCUT2D eigenvalue weighted by Crippen LogP contribution is -2.39. The van der Waals surface area contributed by atoms with Crippen LogP contribution in [0.25, 0.3) is 0 Å². The molecule has 0 saturated heterocycles. The number of hydrogen-bond donors (Lipinski definition) is 2. The summed E-state index contributed by atoms with van der Waals surface area (Å²) in [5.41, 5.74) is 0.459. The molecule has 0 unspecified atom stereocenters. The van der Waals surface area contributed by atoms with E-state index < -0.39 is 12.0 Å². The average Bonchev–Trinajstić information content (AvgIpc) is 3.04. The first-order valence-electron chi connectivity index (χ1n) is 7.27. The summed E-state index contributed by atoms with van der Waals surface area (Å²) in [4.78, 5) is 27.4. The van der Waals surface area contributed by atoms with Crippen molar-refractivity contribution in [3.05, 3.63) is 53.6 Å². The molecule has 1 heterocycles. The van der Waals surface area contributed by atoms with Crippen LogP contribution >= 0.6 is 11.6 Å². The molecule has 6 nitrogen and oxygen atoms in total. The Balaban J connectivity index is 1.82. The number of nitrogens with zero attached hydrogens (tertiary/aromatic N) is 2. The van der Waals surface area contributed by atoms with Gasteiger partial charge in [-0.2, -0.15) is 0 Å². The number of carbonyl (C=O) groups is 2. The zero-order valence-corrected chi connectivity index (χ0v) is 13.2. The Bertz CT molecular complexity index is 641. The van der Waals surface area contributed by atoms with E-state index in [4.69, 9.17) is 11.6 Å². The lowest BCUT2D eigenvalue weighted by Gasteiger charge is -2.14. The molecule has 7 heteroatoms. The minimum absolute atomic E-state index is 0.0952. The highest BCUT2D eigenvalue weighted by molar-refractivity contribution is 6.30. The van der Waals surface area contributed by atoms with Crippen molar-refractivity contribution in [3.63, 3.8) is 0 Å². The van der Waals surface area contributed by atoms with E-state index in [0.717, 1.165) is 13.0 Å². The van der Waals surface area contributed by atoms with Crippen LogP contribution in [0.3, 0.4) is 0 Å². The van der Waals surface area contributed by atoms with Crippen LogP contribution in [-0.2, 0) is 11.3 Å². The van der Waals surface area contributed by atoms with E-state index in [0.29, 0.717) is 17.1 Å². The van der Waals surface area contributed by atoms with Gasteiger partial charge in [0.2, 0.25) is 0 Å². The molecule has 0 spiro atoms. The van der Waals surface area contributed by atoms with Crippen LogP contribution in [0.15, 0.2) is 43.0 Å². The van der Waals surface area contributed by atoms with Gasteiger partial charge >= 0.3 is 5.97 Å². The van der Waals surface area contributed by atoms with Gasteiger partial charge in [-0.15, -0.1) is 0 Å². The molecule has 1 atom stereocenters. The molecule has 122 valence electrons. The summed E-state index contributed by atoms with van der Waals surface area (Å²) >= 11 is 5.78. The molecule has 23 heavy (non-hydrogen) atoms. The molecule has 0 amide bonds. The number of ketones is 1. The van der Waals surface area contributed by atoms with Gasteiger partial charge in [0.1, 0.15) is 6.04 Å². The first kappa shape index (κ1) is 17.2. The van der Waals surface area contributed by atoms with Crippen LogP contribution in [0, 0.1) is 0 Å². The van der Waals surface area contributed by atoms with E-state index in [1.165, 1.54) is 0 Å². The van der Waals surface area contributed by atoms with Gasteiger partial charge < -0.3 is 15.0 Å². The maximum Gasteiger partial charge on any atom is 0.321 e. The number of hydrogen-bond acceptors (Lipinski definition) is 4. The molecule has 1 aromatic heterocycles. The van der Waals surface area contributed by atoms with Gasteiger partial charge in [0.05, 0.1) is 6.33 Å². The fourth-order valence-corrected chi connectivity index (χ4v) is 2.27. The highest BCUT2D eigenvalue weighted by Crippen LogP contribution is 2.12. The molecule has 0 fully saturated rings. The number of imidazole rings is 1. The Morgan fingerprint density at radius 3 is 2.65 bits per heavy atom. The van der Waals surface area contributed by atoms with Crippen LogP contribution < -0.4 is 5.32 Å². The summed E-state index contributed by atoms with van der Waals surface area (Å²) in [6.07, 6.45) is 5.90. The van der Waals surface area contributed by atoms with Crippen molar-refractivity contribution in [2.24, 2.45) is 0 Å². The predicted octanol–water partition coefficient (Wildman–Crippen LogP) is 2.24. The summed E-state index contributed by atoms with van der Waals surface area (Å²) in [7, 11) is 0. The number of Topliss-reactive ketones (excluding diaryl/α,β-unsaturated/α-hetero) is 1. The number of aliphatic carboxylic acids is 1. The molecule has 2 rings (SSSR count). The number of halogens is 1. The fourth-order valence-electron chi connectivity index (χ4n) is 2.14. The maximum atomic E-state index is 12.1. The summed E-state index contributed by atoms with van der Waals surface area (Å²) in [6.45, 7) is 1.24. The van der Waals surface area contributed by atoms with E-state index in [2.05, 4.69) is 10.3 Å². The number of nitrogens with one attached hydrogen (secondary N) is 1. The van der Waals surface area contributed by atoms with Crippen LogP contribution in [0.5, 0.6) is 0 Å². The molecular weight excluding hydrogens is 318 g/mol. The van der Waals surface area contributed by atoms with Gasteiger partial charge in [0.15, 0.2) is 5.78 Å². The van der Waals surface area contributed by atoms with Gasteiger partial charge in [-0.1, -0.05) is 11.6 Å². The molecule has 2 aromatic rings. The number of carboxylic acids is 1. The molecular formula is C16H18ClN3O3. The first-order valence-corrected chi connectivity index (χ1v) is 7.65. The lowest BCUT2D eigenvalue weighted by atomic mass is 10.0. The lowest BCUT2D eigenvalue weighted by molar-refractivity contribution is -0.139. The Morgan fingerprint density at radius 2 is 2.04 bits per heavy atom. The van der Waals surface area contributed by atoms with E-state index >= 15 is 0 Å². The standard InChI is InChI=1S/C16H18ClN3O3/c17-13-4-2-12(3-5-13)15(21)10-14(16(22)23)19-6-1-8-20-9-7-18-11-20/h2-5,7,9,11,14,19H,1,6,8,10H2,(H,22,23)/t14-/m0/s1. The van der Waals surface area contributed by atoms with Gasteiger partial charge in [-0.3, -0.25) is 9.59 Å². The number of carboxylic acid groups (broad SMARTS) is 1. The Hall–Kier alpha value is -2.18. The second-order valence-corrected chi connectivity index (χ2v) is 5.57. The summed E-state index contributed by atoms with van der Waals surface area (Å²) in [6, 6.07) is 5.53. The van der Waals surface area contributed by atoms with Crippen LogP contribution in [0.2, 0.25) is 5.02 Å². The van der Waals surface area contributed by atoms with Gasteiger partial charge in [-0.25, -0.2) is 4.98 Å². The number of rotatable bonds is 9. The fraction of sp³-hybridized carbons (Fsp3) is 0.312. The third-order valence-corrected chi connectivity index (χ3v) is 3.65. The van der Waals surface area contributed by atoms with E-state index in [9.17, 15) is 14.7 Å². The molecule has 0 aliphatic rings. The highest BCUT2D eigenvalue weighted by Gasteiger charge is 2.21. The van der Waals surface area contributed by atoms with Crippen molar-refractivity contribution in [1.29, 1.82) is 0 Å². The van der Waals surface area contributed by atoms with Crippen molar-refractivity contribution in [1.82, 2.24) is 14.9 Å². The zero-order valence-electron chi connectivity index (χ0n) is 12.5. The molecule has 0 aliphatic carbocycles. The monoisotopic (exact) mass is 335 g/mol. The maximum absolute atomic E-state index is 12.1. The topological polar surface area (TPSA) is 84.2 Å². The van der Waals surface area contributed by atoms with Gasteiger partial charge in [0, 0.05) is 35.9 Å². The molecule has 0 radical (unpaired) electrons. The Morgan fingerprint density at radius 1 is 1.30 bits per heavy atom. The third-order valence-electron chi connectivity index (χ3n) is 3.40. The SMILES string of the molecule is O=C(C[C@H](NCCCn1ccnc1)C(=O)O)c1ccc(Cl)cc1. The number of benzene rings is 1. The third kappa shape index (κ3) is 5.50. The van der Waals surface area contributed by atoms with Gasteiger partial charge in [0.25, 0.3) is 0 Å². The number of carbonyl (C=O) groups excluding carboxylic acids is 1. The van der Waals surface area contributed by atoms with E-state index in [-0.39, 0.29) is 12.2 Å². The molecule has 0 aliphatic heterocycles. The van der Waals surface area contributed by atoms with Crippen molar-refractivity contribution in [2.45, 2.75) is 25.4 Å². The summed E-state index contributed by atoms with van der Waals surface area (Å²) < 4.78 is 1.91. The van der Waals surface area contributed by atoms with Crippen LogP contribution in [-0.4, -0.2) is 39.0 Å². The van der Waals surface area contributed by atoms with Crippen molar-refractivity contribution >= 4 is 23.4 Å². The smallest absolute Gasteiger partial charge is 0.321 e. The first-order chi connectivity index (χ1) is 11.1. The van der Waals surface area contributed by atoms with E-state index in [1.54, 1.807) is 36.8 Å². The molecule has 2 N–H and O–H groups in total. The molecule has 0 bridgehead atoms. The van der Waals surface area contributed by atoms with Crippen molar-refractivity contribution in [3.8, 4) is 0 Å². The quantitative estimate of drug-likeness (QED) is 0.542. The van der Waals surface area contributed by atoms with Crippen molar-refractivity contribution in [2.75, 3.05) is 6.54 Å². The predicted molar refractivity (Wildman–Crippen MR) is 86.7 cm³/mol. The minimum Gasteiger partial charge on any atom is -0.480 e. The number of aryl methyl sites for hydroxylation is 1. The number of aromatic nitrogens is 2. The summed E-state index contributed by atoms with van der Waals surface area (Å²) in [5, 5.41) is 12.7. The summed E-state index contributed by atoms with van der Waals surface area (Å²) in [5.74, 6) is -1.26. The molecule has 1 aromatic carbocycles. The average molecular weight is 336 g/mol. The van der Waals surface area contributed by atoms with Crippen molar-refractivity contribution < 1.29 is 14.7 Å². The zero-order chi connectivity index (χ0) is 16.7. The molecule has 0 saturated carbocycles. The van der Waals surface area contributed by atoms with Crippen LogP contribution in [0.1, 0.15) is 23.2 Å². The van der Waals surface area contributed by atoms with Gasteiger partial charge in [-0.05, 0) is 37.2 Å². The Labute approximate surface area is 139 Å². The second kappa shape index (κ2) is 8.45. The largest absolute Gasteiger partial charge is 0.480 e. The Kier molecular flexibility index (Phi) is 6.31. The van der Waals surface area contributed by atoms with Crippen LogP contribution in [0.4, 0.5) is 0 Å². The normalized spacial score (nSPS) is 12.0. The minimum atomic E-state index is -1.03. The second-order valence-electron chi connectivity index (χ2n) is 5.13. The highest BCUT2D eigenvalue weighted by atomic mass is 35.5.